The molecule has 0 aliphatic heterocycles. The zero-order valence-corrected chi connectivity index (χ0v) is 18.2. The first-order chi connectivity index (χ1) is 15.6. The Bertz CT molecular complexity index is 1470. The van der Waals surface area contributed by atoms with Gasteiger partial charge in [0.05, 0.1) is 5.69 Å². The van der Waals surface area contributed by atoms with E-state index in [2.05, 4.69) is 4.98 Å². The summed E-state index contributed by atoms with van der Waals surface area (Å²) in [6, 6.07) is 24.2. The lowest BCUT2D eigenvalue weighted by Crippen LogP contribution is -2.22. The molecule has 1 N–H and O–H groups in total. The first-order valence-corrected chi connectivity index (χ1v) is 11.2. The average Bonchev–Trinajstić information content (AvgIpc) is 3.23. The summed E-state index contributed by atoms with van der Waals surface area (Å²) in [7, 11) is 0. The summed E-state index contributed by atoms with van der Waals surface area (Å²) >= 11 is 1.35. The van der Waals surface area contributed by atoms with Crippen LogP contribution in [-0.2, 0) is 5.75 Å². The summed E-state index contributed by atoms with van der Waals surface area (Å²) in [4.78, 5) is 21.6. The number of aryl methyl sites for hydroxylation is 1. The summed E-state index contributed by atoms with van der Waals surface area (Å²) in [5, 5.41) is 0.521. The summed E-state index contributed by atoms with van der Waals surface area (Å²) in [6.07, 6.45) is 1.82. The number of hydrogen-bond acceptors (Lipinski definition) is 3. The van der Waals surface area contributed by atoms with Gasteiger partial charge >= 0.3 is 0 Å². The van der Waals surface area contributed by atoms with Crippen LogP contribution in [0.2, 0.25) is 0 Å². The monoisotopic (exact) mass is 441 g/mol. The van der Waals surface area contributed by atoms with E-state index in [1.165, 1.54) is 17.8 Å². The Labute approximate surface area is 188 Å². The molecule has 0 amide bonds. The van der Waals surface area contributed by atoms with E-state index in [0.29, 0.717) is 27.5 Å². The molecule has 5 rings (SSSR count). The van der Waals surface area contributed by atoms with Gasteiger partial charge in [-0.2, -0.15) is 0 Å². The molecular formula is C26H20FN3OS. The maximum Gasteiger partial charge on any atom is 0.283 e. The Morgan fingerprint density at radius 3 is 2.56 bits per heavy atom. The highest BCUT2D eigenvalue weighted by molar-refractivity contribution is 7.98. The Kier molecular flexibility index (Phi) is 5.37. The Morgan fingerprint density at radius 1 is 1.00 bits per heavy atom. The van der Waals surface area contributed by atoms with Gasteiger partial charge in [0.25, 0.3) is 5.56 Å². The van der Waals surface area contributed by atoms with E-state index >= 15 is 0 Å². The van der Waals surface area contributed by atoms with Crippen molar-refractivity contribution in [1.82, 2.24) is 14.5 Å². The van der Waals surface area contributed by atoms with Crippen molar-refractivity contribution in [3.05, 3.63) is 112 Å². The predicted molar refractivity (Wildman–Crippen MR) is 128 cm³/mol. The van der Waals surface area contributed by atoms with Crippen LogP contribution in [0.15, 0.2) is 95.0 Å². The van der Waals surface area contributed by atoms with Crippen molar-refractivity contribution in [1.29, 1.82) is 0 Å². The molecule has 0 saturated heterocycles. The Balaban J connectivity index is 1.70. The van der Waals surface area contributed by atoms with Crippen molar-refractivity contribution in [2.75, 3.05) is 0 Å². The quantitative estimate of drug-likeness (QED) is 0.264. The molecule has 0 aliphatic carbocycles. The van der Waals surface area contributed by atoms with Crippen LogP contribution in [0.4, 0.5) is 4.39 Å². The molecule has 0 saturated carbocycles. The predicted octanol–water partition coefficient (Wildman–Crippen LogP) is 6.12. The molecule has 0 unspecified atom stereocenters. The first-order valence-electron chi connectivity index (χ1n) is 10.2. The molecule has 32 heavy (non-hydrogen) atoms. The molecule has 5 aromatic rings. The molecule has 0 radical (unpaired) electrons. The molecular weight excluding hydrogens is 421 g/mol. The number of aromatic amines is 1. The van der Waals surface area contributed by atoms with Crippen LogP contribution in [0, 0.1) is 12.7 Å². The van der Waals surface area contributed by atoms with Crippen LogP contribution in [0.25, 0.3) is 27.8 Å². The highest BCUT2D eigenvalue weighted by Gasteiger charge is 2.18. The molecule has 4 nitrogen and oxygen atoms in total. The lowest BCUT2D eigenvalue weighted by Gasteiger charge is -2.13. The number of thioether (sulfide) groups is 1. The van der Waals surface area contributed by atoms with Gasteiger partial charge in [-0.25, -0.2) is 9.37 Å². The van der Waals surface area contributed by atoms with Crippen molar-refractivity contribution in [3.63, 3.8) is 0 Å². The minimum Gasteiger partial charge on any atom is -0.355 e. The van der Waals surface area contributed by atoms with Gasteiger partial charge in [0.2, 0.25) is 0 Å². The number of rotatable bonds is 5. The number of fused-ring (bicyclic) bond motifs is 1. The molecule has 3 aromatic carbocycles. The maximum atomic E-state index is 14.2. The molecule has 158 valence electrons. The van der Waals surface area contributed by atoms with Crippen molar-refractivity contribution < 1.29 is 4.39 Å². The van der Waals surface area contributed by atoms with E-state index in [1.54, 1.807) is 16.7 Å². The van der Waals surface area contributed by atoms with E-state index in [9.17, 15) is 9.18 Å². The maximum absolute atomic E-state index is 14.2. The number of H-pyrrole nitrogens is 1. The second-order valence-corrected chi connectivity index (χ2v) is 8.49. The summed E-state index contributed by atoms with van der Waals surface area (Å²) in [5.41, 5.74) is 5.05. The largest absolute Gasteiger partial charge is 0.355 e. The van der Waals surface area contributed by atoms with Crippen LogP contribution < -0.4 is 5.56 Å². The van der Waals surface area contributed by atoms with Crippen LogP contribution in [0.3, 0.4) is 0 Å². The van der Waals surface area contributed by atoms with Crippen molar-refractivity contribution in [2.45, 2.75) is 17.8 Å². The second kappa shape index (κ2) is 8.48. The van der Waals surface area contributed by atoms with Crippen LogP contribution in [0.1, 0.15) is 11.1 Å². The Morgan fingerprint density at radius 2 is 1.78 bits per heavy atom. The van der Waals surface area contributed by atoms with E-state index in [1.807, 2.05) is 73.8 Å². The lowest BCUT2D eigenvalue weighted by molar-refractivity contribution is 0.617. The van der Waals surface area contributed by atoms with Gasteiger partial charge in [-0.1, -0.05) is 72.4 Å². The minimum atomic E-state index is -0.267. The van der Waals surface area contributed by atoms with E-state index in [4.69, 9.17) is 4.98 Å². The number of aromatic nitrogens is 3. The zero-order chi connectivity index (χ0) is 22.1. The standard InChI is InChI=1S/C26H20FN3OS/c1-17-8-7-12-20(14-17)30-25(31)24-23(21(15-28-24)18-9-3-2-4-10-18)29-26(30)32-16-19-11-5-6-13-22(19)27/h2-15,28H,16H2,1H3. The fraction of sp³-hybridized carbons (Fsp3) is 0.0769. The molecule has 0 atom stereocenters. The van der Waals surface area contributed by atoms with Crippen LogP contribution in [0.5, 0.6) is 0 Å². The highest BCUT2D eigenvalue weighted by atomic mass is 32.2. The van der Waals surface area contributed by atoms with Crippen LogP contribution in [-0.4, -0.2) is 14.5 Å². The highest BCUT2D eigenvalue weighted by Crippen LogP contribution is 2.30. The normalized spacial score (nSPS) is 11.2. The summed E-state index contributed by atoms with van der Waals surface area (Å²) < 4.78 is 15.8. The number of benzene rings is 3. The molecule has 0 spiro atoms. The number of hydrogen-bond donors (Lipinski definition) is 1. The van der Waals surface area contributed by atoms with Crippen molar-refractivity contribution in [2.24, 2.45) is 0 Å². The smallest absolute Gasteiger partial charge is 0.283 e. The molecule has 2 heterocycles. The van der Waals surface area contributed by atoms with Gasteiger partial charge in [-0.15, -0.1) is 0 Å². The molecule has 0 bridgehead atoms. The number of halogens is 1. The van der Waals surface area contributed by atoms with Crippen LogP contribution >= 0.6 is 11.8 Å². The third-order valence-electron chi connectivity index (χ3n) is 5.33. The van der Waals surface area contributed by atoms with Crippen molar-refractivity contribution in [3.8, 4) is 16.8 Å². The van der Waals surface area contributed by atoms with E-state index in [-0.39, 0.29) is 11.4 Å². The van der Waals surface area contributed by atoms with E-state index < -0.39 is 0 Å². The molecule has 0 aliphatic rings. The van der Waals surface area contributed by atoms with E-state index in [0.717, 1.165) is 22.4 Å². The third-order valence-corrected chi connectivity index (χ3v) is 6.32. The topological polar surface area (TPSA) is 50.7 Å². The van der Waals surface area contributed by atoms with Gasteiger partial charge in [-0.3, -0.25) is 9.36 Å². The van der Waals surface area contributed by atoms with Gasteiger partial charge in [0.1, 0.15) is 16.9 Å². The first kappa shape index (κ1) is 20.3. The zero-order valence-electron chi connectivity index (χ0n) is 17.4. The lowest BCUT2D eigenvalue weighted by atomic mass is 10.1. The van der Waals surface area contributed by atoms with Gasteiger partial charge in [0, 0.05) is 17.5 Å². The average molecular weight is 442 g/mol. The molecule has 6 heteroatoms. The van der Waals surface area contributed by atoms with Gasteiger partial charge in [-0.05, 0) is 41.8 Å². The summed E-state index contributed by atoms with van der Waals surface area (Å²) in [5.74, 6) is 0.0961. The Hall–Kier alpha value is -3.64. The summed E-state index contributed by atoms with van der Waals surface area (Å²) in [6.45, 7) is 1.98. The third kappa shape index (κ3) is 3.74. The SMILES string of the molecule is Cc1cccc(-n2c(SCc3ccccc3F)nc3c(-c4ccccc4)c[nH]c3c2=O)c1. The molecule has 2 aromatic heterocycles. The van der Waals surface area contributed by atoms with Gasteiger partial charge in [0.15, 0.2) is 5.16 Å². The molecule has 0 fully saturated rings. The second-order valence-electron chi connectivity index (χ2n) is 7.55. The fourth-order valence-electron chi connectivity index (χ4n) is 3.73. The van der Waals surface area contributed by atoms with Crippen molar-refractivity contribution >= 4 is 22.8 Å². The number of nitrogens with one attached hydrogen (secondary N) is 1. The van der Waals surface area contributed by atoms with Gasteiger partial charge < -0.3 is 4.98 Å². The minimum absolute atomic E-state index is 0.182. The number of nitrogens with zero attached hydrogens (tertiary/aromatic N) is 2. The fourth-order valence-corrected chi connectivity index (χ4v) is 4.72.